The zero-order valence-corrected chi connectivity index (χ0v) is 14.0. The molecule has 2 nitrogen and oxygen atoms in total. The fourth-order valence-electron chi connectivity index (χ4n) is 4.41. The molecule has 2 atom stereocenters. The van der Waals surface area contributed by atoms with Crippen LogP contribution in [0, 0.1) is 18.3 Å². The van der Waals surface area contributed by atoms with E-state index in [-0.39, 0.29) is 5.41 Å². The van der Waals surface area contributed by atoms with Crippen molar-refractivity contribution < 1.29 is 4.79 Å². The van der Waals surface area contributed by atoms with E-state index < -0.39 is 0 Å². The summed E-state index contributed by atoms with van der Waals surface area (Å²) in [7, 11) is 0. The molecule has 2 heteroatoms. The molecule has 1 aromatic rings. The number of hydrogen-bond acceptors (Lipinski definition) is 1. The van der Waals surface area contributed by atoms with Crippen LogP contribution in [0.5, 0.6) is 0 Å². The third-order valence-electron chi connectivity index (χ3n) is 5.51. The maximum atomic E-state index is 12.5. The third kappa shape index (κ3) is 2.82. The molecular weight excluding hydrogens is 258 g/mol. The van der Waals surface area contributed by atoms with Crippen LogP contribution in [0.3, 0.4) is 0 Å². The number of rotatable bonds is 1. The Bertz CT molecular complexity index is 552. The Morgan fingerprint density at radius 2 is 1.90 bits per heavy atom. The fourth-order valence-corrected chi connectivity index (χ4v) is 4.41. The average molecular weight is 287 g/mol. The molecule has 1 aromatic heterocycles. The Hall–Kier alpha value is -1.05. The zero-order valence-electron chi connectivity index (χ0n) is 14.0. The van der Waals surface area contributed by atoms with Crippen molar-refractivity contribution in [1.82, 2.24) is 4.57 Å². The van der Waals surface area contributed by atoms with E-state index in [1.54, 1.807) is 0 Å². The van der Waals surface area contributed by atoms with E-state index in [4.69, 9.17) is 0 Å². The second-order valence-electron chi connectivity index (χ2n) is 8.22. The molecule has 2 aliphatic rings. The highest BCUT2D eigenvalue weighted by atomic mass is 16.1. The van der Waals surface area contributed by atoms with E-state index >= 15 is 0 Å². The van der Waals surface area contributed by atoms with Gasteiger partial charge in [-0.1, -0.05) is 33.6 Å². The number of fused-ring (bicyclic) bond motifs is 1. The largest absolute Gasteiger partial charge is 0.345 e. The Morgan fingerprint density at radius 1 is 1.14 bits per heavy atom. The first-order valence-electron chi connectivity index (χ1n) is 8.61. The van der Waals surface area contributed by atoms with Crippen LogP contribution in [0.1, 0.15) is 87.1 Å². The fraction of sp³-hybridized carbons (Fsp3) is 0.737. The number of Topliss-reactive ketones (excluding diaryl/α,β-unsaturated/α-hetero) is 1. The molecule has 2 unspecified atom stereocenters. The molecule has 1 heterocycles. The van der Waals surface area contributed by atoms with E-state index in [0.29, 0.717) is 18.2 Å². The Morgan fingerprint density at radius 3 is 2.67 bits per heavy atom. The lowest BCUT2D eigenvalue weighted by Gasteiger charge is -2.32. The van der Waals surface area contributed by atoms with Crippen LogP contribution in [-0.4, -0.2) is 10.4 Å². The predicted molar refractivity (Wildman–Crippen MR) is 86.9 cm³/mol. The van der Waals surface area contributed by atoms with Crippen molar-refractivity contribution in [2.45, 2.75) is 78.7 Å². The summed E-state index contributed by atoms with van der Waals surface area (Å²) in [6.07, 6.45) is 8.32. The van der Waals surface area contributed by atoms with Crippen LogP contribution in [0.4, 0.5) is 0 Å². The second kappa shape index (κ2) is 5.30. The molecular formula is C19H29NO. The molecule has 0 spiro atoms. The number of carbonyl (C=O) groups is 1. The lowest BCUT2D eigenvalue weighted by atomic mass is 9.76. The molecule has 3 rings (SSSR count). The summed E-state index contributed by atoms with van der Waals surface area (Å²) in [6, 6.07) is 2.77. The minimum Gasteiger partial charge on any atom is -0.345 e. The molecule has 116 valence electrons. The van der Waals surface area contributed by atoms with Crippen molar-refractivity contribution in [3.05, 3.63) is 23.0 Å². The van der Waals surface area contributed by atoms with Gasteiger partial charge >= 0.3 is 0 Å². The van der Waals surface area contributed by atoms with Gasteiger partial charge in [-0.15, -0.1) is 0 Å². The first-order valence-corrected chi connectivity index (χ1v) is 8.61. The molecule has 0 N–H and O–H groups in total. The van der Waals surface area contributed by atoms with E-state index in [1.165, 1.54) is 43.5 Å². The van der Waals surface area contributed by atoms with Crippen LogP contribution in [-0.2, 0) is 6.42 Å². The van der Waals surface area contributed by atoms with E-state index in [0.717, 1.165) is 17.9 Å². The number of nitrogens with zero attached hydrogens (tertiary/aromatic N) is 1. The highest BCUT2D eigenvalue weighted by Gasteiger charge is 2.35. The van der Waals surface area contributed by atoms with Crippen LogP contribution in [0.15, 0.2) is 6.07 Å². The third-order valence-corrected chi connectivity index (χ3v) is 5.51. The Labute approximate surface area is 128 Å². The van der Waals surface area contributed by atoms with Crippen molar-refractivity contribution in [2.24, 2.45) is 11.3 Å². The van der Waals surface area contributed by atoms with Gasteiger partial charge < -0.3 is 4.57 Å². The molecule has 0 amide bonds. The first kappa shape index (κ1) is 14.9. The molecule has 0 radical (unpaired) electrons. The topological polar surface area (TPSA) is 22.0 Å². The first-order chi connectivity index (χ1) is 9.87. The highest BCUT2D eigenvalue weighted by molar-refractivity contribution is 5.99. The summed E-state index contributed by atoms with van der Waals surface area (Å²) >= 11 is 0. The number of hydrogen-bond donors (Lipinski definition) is 0. The average Bonchev–Trinajstić information content (AvgIpc) is 2.55. The van der Waals surface area contributed by atoms with Gasteiger partial charge in [0, 0.05) is 29.4 Å². The van der Waals surface area contributed by atoms with E-state index in [2.05, 4.69) is 38.3 Å². The van der Waals surface area contributed by atoms with Crippen molar-refractivity contribution in [3.8, 4) is 0 Å². The molecule has 21 heavy (non-hydrogen) atoms. The minimum atomic E-state index is 0.116. The van der Waals surface area contributed by atoms with Crippen molar-refractivity contribution >= 4 is 5.78 Å². The van der Waals surface area contributed by atoms with Gasteiger partial charge in [0.15, 0.2) is 5.78 Å². The Balaban J connectivity index is 1.98. The monoisotopic (exact) mass is 287 g/mol. The molecule has 0 saturated heterocycles. The van der Waals surface area contributed by atoms with Gasteiger partial charge in [0.25, 0.3) is 0 Å². The normalized spacial score (nSPS) is 29.0. The van der Waals surface area contributed by atoms with Gasteiger partial charge in [0.1, 0.15) is 0 Å². The number of carbonyl (C=O) groups excluding carboxylic acids is 1. The SMILES string of the molecule is Cc1cc2c(n1C1CCCC(C)CC1)CC(C)(C)CC2=O. The molecule has 0 aromatic carbocycles. The molecule has 0 aliphatic heterocycles. The molecule has 1 fully saturated rings. The highest BCUT2D eigenvalue weighted by Crippen LogP contribution is 2.40. The van der Waals surface area contributed by atoms with E-state index in [9.17, 15) is 4.79 Å². The van der Waals surface area contributed by atoms with Crippen molar-refractivity contribution in [2.75, 3.05) is 0 Å². The minimum absolute atomic E-state index is 0.116. The maximum absolute atomic E-state index is 12.5. The van der Waals surface area contributed by atoms with Gasteiger partial charge in [0.2, 0.25) is 0 Å². The van der Waals surface area contributed by atoms with Gasteiger partial charge in [0.05, 0.1) is 0 Å². The van der Waals surface area contributed by atoms with Crippen molar-refractivity contribution in [3.63, 3.8) is 0 Å². The lowest BCUT2D eigenvalue weighted by Crippen LogP contribution is -2.29. The molecule has 1 saturated carbocycles. The molecule has 2 aliphatic carbocycles. The summed E-state index contributed by atoms with van der Waals surface area (Å²) in [5.74, 6) is 1.21. The standard InChI is InChI=1S/C19H29NO/c1-13-6-5-7-15(9-8-13)20-14(2)10-16-17(20)11-19(3,4)12-18(16)21/h10,13,15H,5-9,11-12H2,1-4H3. The number of ketones is 1. The summed E-state index contributed by atoms with van der Waals surface area (Å²) in [5, 5.41) is 0. The van der Waals surface area contributed by atoms with Gasteiger partial charge in [-0.2, -0.15) is 0 Å². The smallest absolute Gasteiger partial charge is 0.165 e. The summed E-state index contributed by atoms with van der Waals surface area (Å²) in [6.45, 7) is 9.03. The maximum Gasteiger partial charge on any atom is 0.165 e. The van der Waals surface area contributed by atoms with Crippen LogP contribution < -0.4 is 0 Å². The number of aryl methyl sites for hydroxylation is 1. The van der Waals surface area contributed by atoms with Crippen LogP contribution in [0.2, 0.25) is 0 Å². The summed E-state index contributed by atoms with van der Waals surface area (Å²) < 4.78 is 2.53. The van der Waals surface area contributed by atoms with Crippen molar-refractivity contribution in [1.29, 1.82) is 0 Å². The van der Waals surface area contributed by atoms with E-state index in [1.807, 2.05) is 0 Å². The quantitative estimate of drug-likeness (QED) is 0.659. The van der Waals surface area contributed by atoms with Gasteiger partial charge in [-0.25, -0.2) is 0 Å². The van der Waals surface area contributed by atoms with Gasteiger partial charge in [-0.05, 0) is 50.0 Å². The second-order valence-corrected chi connectivity index (χ2v) is 8.22. The van der Waals surface area contributed by atoms with Crippen LogP contribution >= 0.6 is 0 Å². The lowest BCUT2D eigenvalue weighted by molar-refractivity contribution is 0.0909. The zero-order chi connectivity index (χ0) is 15.2. The summed E-state index contributed by atoms with van der Waals surface area (Å²) in [4.78, 5) is 12.5. The number of aromatic nitrogens is 1. The van der Waals surface area contributed by atoms with Crippen LogP contribution in [0.25, 0.3) is 0 Å². The molecule has 0 bridgehead atoms. The Kier molecular flexibility index (Phi) is 3.75. The summed E-state index contributed by atoms with van der Waals surface area (Å²) in [5.41, 5.74) is 3.76. The predicted octanol–water partition coefficient (Wildman–Crippen LogP) is 5.09. The van der Waals surface area contributed by atoms with Gasteiger partial charge in [-0.3, -0.25) is 4.79 Å².